The first-order valence-corrected chi connectivity index (χ1v) is 5.70. The van der Waals surface area contributed by atoms with Gasteiger partial charge < -0.3 is 10.1 Å². The van der Waals surface area contributed by atoms with Crippen molar-refractivity contribution < 1.29 is 4.74 Å². The average Bonchev–Trinajstić information content (AvgIpc) is 2.41. The summed E-state index contributed by atoms with van der Waals surface area (Å²) in [6.45, 7) is 11.3. The summed E-state index contributed by atoms with van der Waals surface area (Å²) in [7, 11) is 1.90. The first-order chi connectivity index (χ1) is 7.28. The highest BCUT2D eigenvalue weighted by Gasteiger charge is 2.13. The molecule has 1 atom stereocenters. The summed E-state index contributed by atoms with van der Waals surface area (Å²) in [6, 6.07) is 1.95. The third-order valence-corrected chi connectivity index (χ3v) is 2.20. The van der Waals surface area contributed by atoms with Gasteiger partial charge in [0.05, 0.1) is 5.69 Å². The molecular weight excluding hydrogens is 202 g/mol. The quantitative estimate of drug-likeness (QED) is 0.850. The summed E-state index contributed by atoms with van der Waals surface area (Å²) in [4.78, 5) is 0. The zero-order chi connectivity index (χ0) is 12.3. The number of aromatic nitrogens is 2. The number of nitrogens with zero attached hydrogens (tertiary/aromatic N) is 2. The fraction of sp³-hybridized carbons (Fsp3) is 0.750. The van der Waals surface area contributed by atoms with Crippen LogP contribution in [0.2, 0.25) is 0 Å². The molecule has 1 aromatic rings. The highest BCUT2D eigenvalue weighted by Crippen LogP contribution is 2.13. The minimum Gasteiger partial charge on any atom is -0.473 e. The van der Waals surface area contributed by atoms with Crippen molar-refractivity contribution in [3.63, 3.8) is 0 Å². The third-order valence-electron chi connectivity index (χ3n) is 2.20. The summed E-state index contributed by atoms with van der Waals surface area (Å²) in [6.07, 6.45) is 0.133. The van der Waals surface area contributed by atoms with Gasteiger partial charge in [-0.1, -0.05) is 0 Å². The van der Waals surface area contributed by atoms with E-state index in [1.807, 2.05) is 20.0 Å². The van der Waals surface area contributed by atoms with Gasteiger partial charge in [0.1, 0.15) is 6.10 Å². The summed E-state index contributed by atoms with van der Waals surface area (Å²) in [5.74, 6) is 0.820. The van der Waals surface area contributed by atoms with Crippen LogP contribution >= 0.6 is 0 Å². The van der Waals surface area contributed by atoms with Crippen LogP contribution in [0.4, 0.5) is 0 Å². The van der Waals surface area contributed by atoms with Gasteiger partial charge in [0.2, 0.25) is 5.88 Å². The molecule has 0 spiro atoms. The van der Waals surface area contributed by atoms with E-state index in [4.69, 9.17) is 4.74 Å². The number of ether oxygens (including phenoxy) is 1. The Morgan fingerprint density at radius 2 is 2.12 bits per heavy atom. The van der Waals surface area contributed by atoms with Crippen molar-refractivity contribution in [1.82, 2.24) is 15.1 Å². The predicted molar refractivity (Wildman–Crippen MR) is 65.8 cm³/mol. The SMILES string of the molecule is Cc1cc(OC(C)CNC(C)(C)C)n(C)n1. The minimum absolute atomic E-state index is 0.125. The van der Waals surface area contributed by atoms with E-state index in [9.17, 15) is 0 Å². The smallest absolute Gasteiger partial charge is 0.212 e. The van der Waals surface area contributed by atoms with E-state index in [0.29, 0.717) is 0 Å². The molecule has 16 heavy (non-hydrogen) atoms. The van der Waals surface area contributed by atoms with E-state index in [2.05, 4.69) is 38.1 Å². The Kier molecular flexibility index (Phi) is 3.97. The molecule has 1 heterocycles. The third kappa shape index (κ3) is 4.23. The second-order valence-corrected chi connectivity index (χ2v) is 5.31. The van der Waals surface area contributed by atoms with Crippen LogP contribution in [0, 0.1) is 6.92 Å². The topological polar surface area (TPSA) is 39.1 Å². The van der Waals surface area contributed by atoms with Crippen molar-refractivity contribution in [2.24, 2.45) is 7.05 Å². The van der Waals surface area contributed by atoms with Gasteiger partial charge >= 0.3 is 0 Å². The second-order valence-electron chi connectivity index (χ2n) is 5.31. The van der Waals surface area contributed by atoms with Crippen molar-refractivity contribution >= 4 is 0 Å². The van der Waals surface area contributed by atoms with Gasteiger partial charge in [-0.3, -0.25) is 0 Å². The lowest BCUT2D eigenvalue weighted by molar-refractivity contribution is 0.187. The molecule has 0 aromatic carbocycles. The van der Waals surface area contributed by atoms with E-state index in [1.165, 1.54) is 0 Å². The Labute approximate surface area is 98.0 Å². The molecule has 0 aliphatic rings. The molecule has 1 aromatic heterocycles. The van der Waals surface area contributed by atoms with Gasteiger partial charge in [-0.25, -0.2) is 4.68 Å². The summed E-state index contributed by atoms with van der Waals surface area (Å²) >= 11 is 0. The lowest BCUT2D eigenvalue weighted by Gasteiger charge is -2.23. The van der Waals surface area contributed by atoms with Crippen LogP contribution < -0.4 is 10.1 Å². The van der Waals surface area contributed by atoms with Gasteiger partial charge in [0.25, 0.3) is 0 Å². The summed E-state index contributed by atoms with van der Waals surface area (Å²) < 4.78 is 7.57. The molecule has 1 N–H and O–H groups in total. The number of nitrogens with one attached hydrogen (secondary N) is 1. The van der Waals surface area contributed by atoms with Crippen molar-refractivity contribution in [2.45, 2.75) is 46.3 Å². The van der Waals surface area contributed by atoms with E-state index in [-0.39, 0.29) is 11.6 Å². The molecule has 0 fully saturated rings. The summed E-state index contributed by atoms with van der Waals surface area (Å²) in [5.41, 5.74) is 1.11. The fourth-order valence-corrected chi connectivity index (χ4v) is 1.39. The Morgan fingerprint density at radius 1 is 1.50 bits per heavy atom. The Hall–Kier alpha value is -1.03. The molecule has 0 radical (unpaired) electrons. The maximum absolute atomic E-state index is 5.80. The molecule has 0 aliphatic heterocycles. The van der Waals surface area contributed by atoms with Gasteiger partial charge in [-0.05, 0) is 34.6 Å². The van der Waals surface area contributed by atoms with Crippen molar-refractivity contribution in [1.29, 1.82) is 0 Å². The van der Waals surface area contributed by atoms with Gasteiger partial charge in [-0.2, -0.15) is 5.10 Å². The Balaban J connectivity index is 2.45. The molecule has 4 nitrogen and oxygen atoms in total. The van der Waals surface area contributed by atoms with E-state index < -0.39 is 0 Å². The predicted octanol–water partition coefficient (Wildman–Crippen LogP) is 1.88. The zero-order valence-electron chi connectivity index (χ0n) is 11.2. The largest absolute Gasteiger partial charge is 0.473 e. The van der Waals surface area contributed by atoms with Crippen LogP contribution in [-0.4, -0.2) is 28.0 Å². The number of hydrogen-bond acceptors (Lipinski definition) is 3. The zero-order valence-corrected chi connectivity index (χ0v) is 11.2. The molecule has 4 heteroatoms. The van der Waals surface area contributed by atoms with Crippen LogP contribution in [0.5, 0.6) is 5.88 Å². The van der Waals surface area contributed by atoms with Crippen LogP contribution in [-0.2, 0) is 7.05 Å². The molecule has 0 saturated carbocycles. The first-order valence-electron chi connectivity index (χ1n) is 5.70. The van der Waals surface area contributed by atoms with Gasteiger partial charge in [0, 0.05) is 25.2 Å². The summed E-state index contributed by atoms with van der Waals surface area (Å²) in [5, 5.41) is 7.66. The van der Waals surface area contributed by atoms with Gasteiger partial charge in [-0.15, -0.1) is 0 Å². The van der Waals surface area contributed by atoms with Crippen LogP contribution in [0.3, 0.4) is 0 Å². The van der Waals surface area contributed by atoms with Gasteiger partial charge in [0.15, 0.2) is 0 Å². The standard InChI is InChI=1S/C12H23N3O/c1-9-7-11(15(6)14-9)16-10(2)8-13-12(3,4)5/h7,10,13H,8H2,1-6H3. The number of hydrogen-bond donors (Lipinski definition) is 1. The molecular formula is C12H23N3O. The Bertz CT molecular complexity index is 339. The first kappa shape index (κ1) is 13.0. The maximum atomic E-state index is 5.80. The second kappa shape index (κ2) is 4.87. The van der Waals surface area contributed by atoms with Crippen LogP contribution in [0.15, 0.2) is 6.07 Å². The molecule has 0 aliphatic carbocycles. The van der Waals surface area contributed by atoms with Crippen LogP contribution in [0.25, 0.3) is 0 Å². The molecule has 0 bridgehead atoms. The molecule has 1 rings (SSSR count). The van der Waals surface area contributed by atoms with Crippen molar-refractivity contribution in [3.05, 3.63) is 11.8 Å². The van der Waals surface area contributed by atoms with Crippen LogP contribution in [0.1, 0.15) is 33.4 Å². The maximum Gasteiger partial charge on any atom is 0.212 e. The van der Waals surface area contributed by atoms with E-state index in [1.54, 1.807) is 4.68 Å². The highest BCUT2D eigenvalue weighted by atomic mass is 16.5. The molecule has 92 valence electrons. The van der Waals surface area contributed by atoms with E-state index in [0.717, 1.165) is 18.1 Å². The lowest BCUT2D eigenvalue weighted by Crippen LogP contribution is -2.41. The van der Waals surface area contributed by atoms with Crippen molar-refractivity contribution in [2.75, 3.05) is 6.54 Å². The number of rotatable bonds is 4. The normalized spacial score (nSPS) is 13.9. The highest BCUT2D eigenvalue weighted by molar-refractivity contribution is 5.14. The fourth-order valence-electron chi connectivity index (χ4n) is 1.39. The van der Waals surface area contributed by atoms with E-state index >= 15 is 0 Å². The van der Waals surface area contributed by atoms with Crippen molar-refractivity contribution in [3.8, 4) is 5.88 Å². The minimum atomic E-state index is 0.125. The number of aryl methyl sites for hydroxylation is 2. The molecule has 0 saturated heterocycles. The lowest BCUT2D eigenvalue weighted by atomic mass is 10.1. The molecule has 0 amide bonds. The monoisotopic (exact) mass is 225 g/mol. The molecule has 1 unspecified atom stereocenters. The average molecular weight is 225 g/mol. The Morgan fingerprint density at radius 3 is 2.56 bits per heavy atom.